The van der Waals surface area contributed by atoms with E-state index in [0.29, 0.717) is 42.7 Å². The molecular weight excluding hydrogens is 513 g/mol. The molecule has 1 aliphatic heterocycles. The molecule has 0 N–H and O–H groups in total. The molecule has 1 saturated heterocycles. The first kappa shape index (κ1) is 26.3. The molecule has 9 nitrogen and oxygen atoms in total. The number of aryl methyl sites for hydroxylation is 1. The highest BCUT2D eigenvalue weighted by molar-refractivity contribution is 6.29. The molecule has 1 aromatic carbocycles. The average molecular weight is 542 g/mol. The first-order valence-electron chi connectivity index (χ1n) is 12.8. The summed E-state index contributed by atoms with van der Waals surface area (Å²) in [6, 6.07) is 9.45. The molecule has 5 rings (SSSR count). The Kier molecular flexibility index (Phi) is 8.01. The van der Waals surface area contributed by atoms with Crippen molar-refractivity contribution in [1.82, 2.24) is 23.7 Å². The zero-order valence-corrected chi connectivity index (χ0v) is 21.9. The van der Waals surface area contributed by atoms with Crippen molar-refractivity contribution in [3.8, 4) is 11.4 Å². The van der Waals surface area contributed by atoms with Crippen LogP contribution < -0.4 is 11.2 Å². The summed E-state index contributed by atoms with van der Waals surface area (Å²) in [7, 11) is 0. The summed E-state index contributed by atoms with van der Waals surface area (Å²) >= 11 is 6.00. The summed E-state index contributed by atoms with van der Waals surface area (Å²) in [4.78, 5) is 36.1. The first-order valence-corrected chi connectivity index (χ1v) is 13.2. The minimum atomic E-state index is -0.439. The van der Waals surface area contributed by atoms with Gasteiger partial charge in [0.25, 0.3) is 5.56 Å². The zero-order valence-electron chi connectivity index (χ0n) is 21.1. The molecule has 1 atom stereocenters. The SMILES string of the molecule is CCn1c(=O)n(CCCOC2CCCCO2)c(=O)c2c1nc(-c1ccc(Cl)nc1)n2Cc1ccc(F)cc1. The summed E-state index contributed by atoms with van der Waals surface area (Å²) < 4.78 is 29.5. The highest BCUT2D eigenvalue weighted by atomic mass is 35.5. The van der Waals surface area contributed by atoms with Crippen molar-refractivity contribution in [2.75, 3.05) is 13.2 Å². The monoisotopic (exact) mass is 541 g/mol. The first-order chi connectivity index (χ1) is 18.5. The van der Waals surface area contributed by atoms with Crippen LogP contribution in [0.25, 0.3) is 22.6 Å². The van der Waals surface area contributed by atoms with Gasteiger partial charge in [-0.2, -0.15) is 0 Å². The Bertz CT molecular complexity index is 1520. The smallest absolute Gasteiger partial charge is 0.332 e. The molecular formula is C27H29ClFN5O4. The Hall–Kier alpha value is -3.34. The van der Waals surface area contributed by atoms with E-state index in [1.165, 1.54) is 21.3 Å². The van der Waals surface area contributed by atoms with Gasteiger partial charge < -0.3 is 14.0 Å². The molecule has 38 heavy (non-hydrogen) atoms. The van der Waals surface area contributed by atoms with Gasteiger partial charge in [0, 0.05) is 38.0 Å². The highest BCUT2D eigenvalue weighted by Crippen LogP contribution is 2.24. The van der Waals surface area contributed by atoms with E-state index in [9.17, 15) is 14.0 Å². The molecule has 200 valence electrons. The fraction of sp³-hybridized carbons (Fsp3) is 0.407. The summed E-state index contributed by atoms with van der Waals surface area (Å²) in [5, 5.41) is 0.323. The number of pyridine rings is 1. The minimum absolute atomic E-state index is 0.194. The van der Waals surface area contributed by atoms with Crippen molar-refractivity contribution in [1.29, 1.82) is 0 Å². The van der Waals surface area contributed by atoms with E-state index < -0.39 is 11.2 Å². The molecule has 0 saturated carbocycles. The van der Waals surface area contributed by atoms with Gasteiger partial charge >= 0.3 is 5.69 Å². The lowest BCUT2D eigenvalue weighted by molar-refractivity contribution is -0.163. The van der Waals surface area contributed by atoms with Gasteiger partial charge in [-0.15, -0.1) is 0 Å². The van der Waals surface area contributed by atoms with Gasteiger partial charge in [-0.25, -0.2) is 19.2 Å². The third-order valence-electron chi connectivity index (χ3n) is 6.64. The number of fused-ring (bicyclic) bond motifs is 1. The minimum Gasteiger partial charge on any atom is -0.353 e. The summed E-state index contributed by atoms with van der Waals surface area (Å²) in [6.07, 6.45) is 4.76. The number of halogens is 2. The largest absolute Gasteiger partial charge is 0.353 e. The van der Waals surface area contributed by atoms with Gasteiger partial charge in [-0.05, 0) is 62.4 Å². The normalized spacial score (nSPS) is 15.8. The molecule has 0 bridgehead atoms. The highest BCUT2D eigenvalue weighted by Gasteiger charge is 2.22. The second kappa shape index (κ2) is 11.6. The maximum Gasteiger partial charge on any atom is 0.332 e. The number of aromatic nitrogens is 5. The number of hydrogen-bond acceptors (Lipinski definition) is 6. The molecule has 0 amide bonds. The maximum atomic E-state index is 13.8. The molecule has 11 heteroatoms. The van der Waals surface area contributed by atoms with Crippen molar-refractivity contribution in [3.63, 3.8) is 0 Å². The van der Waals surface area contributed by atoms with Crippen LogP contribution in [0.2, 0.25) is 5.15 Å². The van der Waals surface area contributed by atoms with Gasteiger partial charge in [0.2, 0.25) is 0 Å². The number of hydrogen-bond donors (Lipinski definition) is 0. The number of rotatable bonds is 9. The van der Waals surface area contributed by atoms with Crippen molar-refractivity contribution in [2.24, 2.45) is 0 Å². The quantitative estimate of drug-likeness (QED) is 0.233. The lowest BCUT2D eigenvalue weighted by Crippen LogP contribution is -2.40. The molecule has 1 unspecified atom stereocenters. The molecule has 0 spiro atoms. The fourth-order valence-electron chi connectivity index (χ4n) is 4.71. The Morgan fingerprint density at radius 2 is 1.92 bits per heavy atom. The molecule has 0 aliphatic carbocycles. The van der Waals surface area contributed by atoms with Gasteiger partial charge in [-0.1, -0.05) is 23.7 Å². The predicted octanol–water partition coefficient (Wildman–Crippen LogP) is 4.22. The van der Waals surface area contributed by atoms with E-state index >= 15 is 0 Å². The van der Waals surface area contributed by atoms with E-state index in [2.05, 4.69) is 4.98 Å². The van der Waals surface area contributed by atoms with Gasteiger partial charge in [0.15, 0.2) is 17.5 Å². The number of ether oxygens (including phenoxy) is 2. The van der Waals surface area contributed by atoms with Crippen molar-refractivity contribution >= 4 is 22.8 Å². The summed E-state index contributed by atoms with van der Waals surface area (Å²) in [6.45, 7) is 3.66. The van der Waals surface area contributed by atoms with Crippen LogP contribution in [0.3, 0.4) is 0 Å². The second-order valence-electron chi connectivity index (χ2n) is 9.19. The number of nitrogens with zero attached hydrogens (tertiary/aromatic N) is 5. The van der Waals surface area contributed by atoms with E-state index in [4.69, 9.17) is 26.1 Å². The van der Waals surface area contributed by atoms with E-state index in [1.807, 2.05) is 6.92 Å². The topological polar surface area (TPSA) is 93.2 Å². The van der Waals surface area contributed by atoms with Crippen LogP contribution in [0.1, 0.15) is 38.2 Å². The lowest BCUT2D eigenvalue weighted by Gasteiger charge is -2.22. The third kappa shape index (κ3) is 5.43. The molecule has 1 aliphatic rings. The van der Waals surface area contributed by atoms with Crippen LogP contribution in [0.4, 0.5) is 4.39 Å². The van der Waals surface area contributed by atoms with Crippen LogP contribution in [0, 0.1) is 5.82 Å². The van der Waals surface area contributed by atoms with Crippen LogP contribution in [0.15, 0.2) is 52.2 Å². The number of imidazole rings is 1. The van der Waals surface area contributed by atoms with Crippen molar-refractivity contribution < 1.29 is 13.9 Å². The molecule has 4 heterocycles. The zero-order chi connectivity index (χ0) is 26.6. The summed E-state index contributed by atoms with van der Waals surface area (Å²) in [5.41, 5.74) is 1.12. The Morgan fingerprint density at radius 3 is 2.61 bits per heavy atom. The fourth-order valence-corrected chi connectivity index (χ4v) is 4.82. The van der Waals surface area contributed by atoms with E-state index in [0.717, 1.165) is 24.8 Å². The average Bonchev–Trinajstić information content (AvgIpc) is 3.29. The Labute approximate surface area is 223 Å². The molecule has 3 aromatic heterocycles. The number of benzene rings is 1. The molecule has 0 radical (unpaired) electrons. The van der Waals surface area contributed by atoms with Gasteiger partial charge in [0.05, 0.1) is 6.61 Å². The van der Waals surface area contributed by atoms with Crippen LogP contribution in [-0.2, 0) is 29.1 Å². The van der Waals surface area contributed by atoms with Crippen molar-refractivity contribution in [3.05, 3.63) is 80.0 Å². The predicted molar refractivity (Wildman–Crippen MR) is 142 cm³/mol. The second-order valence-corrected chi connectivity index (χ2v) is 9.58. The van der Waals surface area contributed by atoms with Crippen LogP contribution in [0.5, 0.6) is 0 Å². The third-order valence-corrected chi connectivity index (χ3v) is 6.86. The maximum absolute atomic E-state index is 13.8. The Balaban J connectivity index is 1.57. The van der Waals surface area contributed by atoms with Crippen LogP contribution in [-0.4, -0.2) is 43.2 Å². The molecule has 1 fully saturated rings. The van der Waals surface area contributed by atoms with E-state index in [-0.39, 0.29) is 36.4 Å². The van der Waals surface area contributed by atoms with Crippen molar-refractivity contribution in [2.45, 2.75) is 58.5 Å². The standard InChI is InChI=1S/C27H29ClFN5O4/c1-2-32-25-23(26(35)33(27(32)36)13-5-15-38-22-6-3-4-14-37-22)34(17-18-7-10-20(29)11-8-18)24(31-25)19-9-12-21(28)30-16-19/h7-12,16,22H,2-6,13-15,17H2,1H3. The summed E-state index contributed by atoms with van der Waals surface area (Å²) in [5.74, 6) is 0.108. The lowest BCUT2D eigenvalue weighted by atomic mass is 10.2. The van der Waals surface area contributed by atoms with Crippen LogP contribution >= 0.6 is 11.6 Å². The van der Waals surface area contributed by atoms with Gasteiger partial charge in [0.1, 0.15) is 16.8 Å². The van der Waals surface area contributed by atoms with Gasteiger partial charge in [-0.3, -0.25) is 13.9 Å². The van der Waals surface area contributed by atoms with E-state index in [1.54, 1.807) is 35.0 Å². The Morgan fingerprint density at radius 1 is 1.11 bits per heavy atom. The molecule has 4 aromatic rings.